The molecule has 0 radical (unpaired) electrons. The van der Waals surface area contributed by atoms with Crippen molar-refractivity contribution >= 4 is 34.7 Å². The highest BCUT2D eigenvalue weighted by Crippen LogP contribution is 2.23. The topological polar surface area (TPSA) is 43.4 Å². The van der Waals surface area contributed by atoms with Gasteiger partial charge in [-0.3, -0.25) is 9.59 Å². The highest BCUT2D eigenvalue weighted by atomic mass is 35.5. The molecule has 1 rings (SSSR count). The number of esters is 1. The first-order valence-electron chi connectivity index (χ1n) is 4.49. The number of thiophene rings is 1. The lowest BCUT2D eigenvalue weighted by Crippen LogP contribution is -2.02. The zero-order valence-corrected chi connectivity index (χ0v) is 9.86. The van der Waals surface area contributed by atoms with E-state index in [4.69, 9.17) is 11.6 Å². The molecule has 5 heteroatoms. The van der Waals surface area contributed by atoms with E-state index in [-0.39, 0.29) is 18.2 Å². The maximum Gasteiger partial charge on any atom is 0.305 e. The fourth-order valence-electron chi connectivity index (χ4n) is 1.08. The van der Waals surface area contributed by atoms with Crippen molar-refractivity contribution in [3.8, 4) is 0 Å². The third-order valence-electron chi connectivity index (χ3n) is 1.86. The van der Waals surface area contributed by atoms with Gasteiger partial charge >= 0.3 is 5.97 Å². The van der Waals surface area contributed by atoms with Gasteiger partial charge in [-0.1, -0.05) is 11.6 Å². The Morgan fingerprint density at radius 3 is 2.67 bits per heavy atom. The quantitative estimate of drug-likeness (QED) is 0.593. The van der Waals surface area contributed by atoms with E-state index in [0.717, 1.165) is 0 Å². The highest BCUT2D eigenvalue weighted by molar-refractivity contribution is 7.18. The Morgan fingerprint density at radius 1 is 1.40 bits per heavy atom. The van der Waals surface area contributed by atoms with Gasteiger partial charge in [0.1, 0.15) is 0 Å². The lowest BCUT2D eigenvalue weighted by atomic mass is 10.1. The van der Waals surface area contributed by atoms with Crippen LogP contribution in [0.15, 0.2) is 12.1 Å². The SMILES string of the molecule is COC(=O)CCCC(=O)c1ccc(Cl)s1. The number of halogens is 1. The molecule has 0 atom stereocenters. The Morgan fingerprint density at radius 2 is 2.13 bits per heavy atom. The van der Waals surface area contributed by atoms with Crippen LogP contribution in [0.3, 0.4) is 0 Å². The van der Waals surface area contributed by atoms with Gasteiger partial charge in [0, 0.05) is 12.8 Å². The first kappa shape index (κ1) is 12.2. The van der Waals surface area contributed by atoms with Gasteiger partial charge in [-0.2, -0.15) is 0 Å². The van der Waals surface area contributed by atoms with E-state index in [1.807, 2.05) is 0 Å². The molecule has 0 N–H and O–H groups in total. The molecular weight excluding hydrogens is 236 g/mol. The maximum absolute atomic E-state index is 11.5. The lowest BCUT2D eigenvalue weighted by molar-refractivity contribution is -0.140. The lowest BCUT2D eigenvalue weighted by Gasteiger charge is -1.98. The van der Waals surface area contributed by atoms with E-state index < -0.39 is 0 Å². The molecule has 0 unspecified atom stereocenters. The average molecular weight is 247 g/mol. The number of hydrogen-bond acceptors (Lipinski definition) is 4. The van der Waals surface area contributed by atoms with Crippen LogP contribution in [-0.4, -0.2) is 18.9 Å². The number of carbonyl (C=O) groups is 2. The summed E-state index contributed by atoms with van der Waals surface area (Å²) in [7, 11) is 1.34. The summed E-state index contributed by atoms with van der Waals surface area (Å²) in [6, 6.07) is 3.40. The van der Waals surface area contributed by atoms with Crippen LogP contribution in [-0.2, 0) is 9.53 Å². The van der Waals surface area contributed by atoms with Gasteiger partial charge < -0.3 is 4.74 Å². The largest absolute Gasteiger partial charge is 0.469 e. The van der Waals surface area contributed by atoms with Gasteiger partial charge in [0.2, 0.25) is 0 Å². The minimum atomic E-state index is -0.285. The van der Waals surface area contributed by atoms with Crippen molar-refractivity contribution in [2.75, 3.05) is 7.11 Å². The molecule has 82 valence electrons. The van der Waals surface area contributed by atoms with Crippen LogP contribution in [0, 0.1) is 0 Å². The summed E-state index contributed by atoms with van der Waals surface area (Å²) < 4.78 is 5.08. The van der Waals surface area contributed by atoms with E-state index in [0.29, 0.717) is 22.1 Å². The van der Waals surface area contributed by atoms with E-state index in [1.165, 1.54) is 18.4 Å². The van der Waals surface area contributed by atoms with Gasteiger partial charge in [0.05, 0.1) is 16.3 Å². The van der Waals surface area contributed by atoms with Crippen LogP contribution in [0.1, 0.15) is 28.9 Å². The summed E-state index contributed by atoms with van der Waals surface area (Å²) in [6.45, 7) is 0. The van der Waals surface area contributed by atoms with Crippen LogP contribution in [0.4, 0.5) is 0 Å². The molecule has 0 aliphatic carbocycles. The number of carbonyl (C=O) groups excluding carboxylic acids is 2. The fourth-order valence-corrected chi connectivity index (χ4v) is 2.09. The molecule has 0 aromatic carbocycles. The standard InChI is InChI=1S/C10H11ClO3S/c1-14-10(13)4-2-3-7(12)8-5-6-9(11)15-8/h5-6H,2-4H2,1H3. The minimum absolute atomic E-state index is 0.0239. The molecule has 1 aromatic heterocycles. The van der Waals surface area contributed by atoms with E-state index in [2.05, 4.69) is 4.74 Å². The van der Waals surface area contributed by atoms with Crippen molar-refractivity contribution in [2.45, 2.75) is 19.3 Å². The Kier molecular flexibility index (Phi) is 4.78. The summed E-state index contributed by atoms with van der Waals surface area (Å²) in [5.74, 6) is -0.261. The third-order valence-corrected chi connectivity index (χ3v) is 3.13. The number of Topliss-reactive ketones (excluding diaryl/α,β-unsaturated/α-hetero) is 1. The van der Waals surface area contributed by atoms with E-state index in [1.54, 1.807) is 12.1 Å². The molecular formula is C10H11ClO3S. The van der Waals surface area contributed by atoms with Crippen molar-refractivity contribution in [1.82, 2.24) is 0 Å². The van der Waals surface area contributed by atoms with Crippen LogP contribution >= 0.6 is 22.9 Å². The maximum atomic E-state index is 11.5. The molecule has 0 aliphatic rings. The first-order valence-corrected chi connectivity index (χ1v) is 5.68. The number of ether oxygens (including phenoxy) is 1. The molecule has 0 aliphatic heterocycles. The van der Waals surface area contributed by atoms with Gasteiger partial charge in [0.15, 0.2) is 5.78 Å². The second kappa shape index (κ2) is 5.88. The summed E-state index contributed by atoms with van der Waals surface area (Å²) in [4.78, 5) is 23.0. The molecule has 3 nitrogen and oxygen atoms in total. The molecule has 0 saturated heterocycles. The Hall–Kier alpha value is -0.870. The summed E-state index contributed by atoms with van der Waals surface area (Å²) in [6.07, 6.45) is 1.15. The smallest absolute Gasteiger partial charge is 0.305 e. The van der Waals surface area contributed by atoms with Crippen LogP contribution < -0.4 is 0 Å². The summed E-state index contributed by atoms with van der Waals surface area (Å²) in [5.41, 5.74) is 0. The summed E-state index contributed by atoms with van der Waals surface area (Å²) in [5, 5.41) is 0. The van der Waals surface area contributed by atoms with Crippen LogP contribution in [0.5, 0.6) is 0 Å². The molecule has 0 saturated carbocycles. The van der Waals surface area contributed by atoms with Crippen molar-refractivity contribution in [1.29, 1.82) is 0 Å². The molecule has 0 fully saturated rings. The van der Waals surface area contributed by atoms with Gasteiger partial charge in [-0.05, 0) is 18.6 Å². The molecule has 15 heavy (non-hydrogen) atoms. The Bertz CT molecular complexity index is 359. The van der Waals surface area contributed by atoms with Gasteiger partial charge in [0.25, 0.3) is 0 Å². The Balaban J connectivity index is 2.34. The van der Waals surface area contributed by atoms with Crippen molar-refractivity contribution in [2.24, 2.45) is 0 Å². The zero-order valence-electron chi connectivity index (χ0n) is 8.29. The van der Waals surface area contributed by atoms with Crippen molar-refractivity contribution in [3.05, 3.63) is 21.3 Å². The van der Waals surface area contributed by atoms with E-state index in [9.17, 15) is 9.59 Å². The van der Waals surface area contributed by atoms with Crippen LogP contribution in [0.2, 0.25) is 4.34 Å². The molecule has 0 bridgehead atoms. The third kappa shape index (κ3) is 4.01. The number of ketones is 1. The zero-order chi connectivity index (χ0) is 11.3. The van der Waals surface area contributed by atoms with Crippen molar-refractivity contribution < 1.29 is 14.3 Å². The minimum Gasteiger partial charge on any atom is -0.469 e. The second-order valence-electron chi connectivity index (χ2n) is 2.96. The number of hydrogen-bond donors (Lipinski definition) is 0. The average Bonchev–Trinajstić information content (AvgIpc) is 2.64. The van der Waals surface area contributed by atoms with Crippen molar-refractivity contribution in [3.63, 3.8) is 0 Å². The molecule has 1 aromatic rings. The molecule has 1 heterocycles. The predicted octanol–water partition coefficient (Wildman–Crippen LogP) is 2.93. The monoisotopic (exact) mass is 246 g/mol. The number of rotatable bonds is 5. The van der Waals surface area contributed by atoms with Crippen LogP contribution in [0.25, 0.3) is 0 Å². The Labute approximate surface area is 97.0 Å². The van der Waals surface area contributed by atoms with E-state index >= 15 is 0 Å². The fraction of sp³-hybridized carbons (Fsp3) is 0.400. The number of methoxy groups -OCH3 is 1. The highest BCUT2D eigenvalue weighted by Gasteiger charge is 2.09. The normalized spacial score (nSPS) is 10.0. The molecule has 0 amide bonds. The first-order chi connectivity index (χ1) is 7.13. The van der Waals surface area contributed by atoms with Gasteiger partial charge in [-0.15, -0.1) is 11.3 Å². The predicted molar refractivity (Wildman–Crippen MR) is 59.5 cm³/mol. The van der Waals surface area contributed by atoms with Gasteiger partial charge in [-0.25, -0.2) is 0 Å². The molecule has 0 spiro atoms. The second-order valence-corrected chi connectivity index (χ2v) is 4.67. The summed E-state index contributed by atoms with van der Waals surface area (Å²) >= 11 is 6.96.